The zero-order chi connectivity index (χ0) is 13.9. The van der Waals surface area contributed by atoms with Crippen molar-refractivity contribution in [3.05, 3.63) is 47.1 Å². The largest absolute Gasteiger partial charge is 0.398 e. The summed E-state index contributed by atoms with van der Waals surface area (Å²) in [6.45, 7) is 1.43. The van der Waals surface area contributed by atoms with E-state index in [-0.39, 0.29) is 6.29 Å². The van der Waals surface area contributed by atoms with Crippen LogP contribution in [0, 0.1) is 0 Å². The van der Waals surface area contributed by atoms with Crippen LogP contribution in [0.2, 0.25) is 5.02 Å². The summed E-state index contributed by atoms with van der Waals surface area (Å²) >= 11 is 6.20. The monoisotopic (exact) mass is 290 g/mol. The molecule has 3 rings (SSSR count). The minimum absolute atomic E-state index is 0.318. The Kier molecular flexibility index (Phi) is 3.87. The Balaban J connectivity index is 1.87. The van der Waals surface area contributed by atoms with E-state index in [1.165, 1.54) is 0 Å². The van der Waals surface area contributed by atoms with Crippen molar-refractivity contribution in [3.8, 4) is 11.3 Å². The van der Waals surface area contributed by atoms with E-state index in [1.807, 2.05) is 24.3 Å². The van der Waals surface area contributed by atoms with E-state index >= 15 is 0 Å². The molecule has 0 bridgehead atoms. The molecule has 1 aromatic heterocycles. The minimum Gasteiger partial charge on any atom is -0.398 e. The molecule has 1 aromatic carbocycles. The summed E-state index contributed by atoms with van der Waals surface area (Å²) in [5.41, 5.74) is 8.87. The number of benzene rings is 1. The molecule has 1 aliphatic rings. The van der Waals surface area contributed by atoms with E-state index in [1.54, 1.807) is 12.3 Å². The number of ether oxygens (including phenoxy) is 2. The maximum atomic E-state index is 6.20. The van der Waals surface area contributed by atoms with Crippen molar-refractivity contribution in [1.29, 1.82) is 0 Å². The van der Waals surface area contributed by atoms with Crippen LogP contribution in [0.3, 0.4) is 0 Å². The summed E-state index contributed by atoms with van der Waals surface area (Å²) in [7, 11) is 0. The van der Waals surface area contributed by atoms with Crippen LogP contribution in [0.25, 0.3) is 11.3 Å². The fourth-order valence-corrected chi connectivity index (χ4v) is 2.35. The molecule has 2 heterocycles. The van der Waals surface area contributed by atoms with Crippen molar-refractivity contribution < 1.29 is 9.47 Å². The van der Waals surface area contributed by atoms with Crippen molar-refractivity contribution in [3.63, 3.8) is 0 Å². The Hall–Kier alpha value is -1.62. The summed E-state index contributed by atoms with van der Waals surface area (Å²) in [6, 6.07) is 9.37. The van der Waals surface area contributed by atoms with Gasteiger partial charge in [0.15, 0.2) is 6.29 Å². The highest BCUT2D eigenvalue weighted by Gasteiger charge is 2.17. The number of hydrogen-bond donors (Lipinski definition) is 1. The molecular formula is C15H15ClN2O2. The Morgan fingerprint density at radius 2 is 1.95 bits per heavy atom. The van der Waals surface area contributed by atoms with Crippen LogP contribution in [-0.2, 0) is 9.47 Å². The van der Waals surface area contributed by atoms with Crippen LogP contribution in [-0.4, -0.2) is 18.2 Å². The summed E-state index contributed by atoms with van der Waals surface area (Å²) in [5, 5.41) is 0.526. The number of hydrogen-bond acceptors (Lipinski definition) is 4. The zero-order valence-electron chi connectivity index (χ0n) is 10.9. The Morgan fingerprint density at radius 3 is 2.65 bits per heavy atom. The van der Waals surface area contributed by atoms with E-state index in [2.05, 4.69) is 4.98 Å². The third-order valence-corrected chi connectivity index (χ3v) is 3.61. The maximum absolute atomic E-state index is 6.20. The first-order chi connectivity index (χ1) is 9.75. The Morgan fingerprint density at radius 1 is 1.15 bits per heavy atom. The standard InChI is InChI=1S/C15H15ClN2O2/c16-14-11(3-1-4-12(14)17)13-6-5-10(9-18-13)15-19-7-2-8-20-15/h1,3-6,9,15H,2,7-8,17H2. The molecule has 104 valence electrons. The van der Waals surface area contributed by atoms with Crippen molar-refractivity contribution in [2.75, 3.05) is 18.9 Å². The van der Waals surface area contributed by atoms with Gasteiger partial charge in [0.05, 0.1) is 29.6 Å². The number of pyridine rings is 1. The Labute approximate surface area is 122 Å². The van der Waals surface area contributed by atoms with Gasteiger partial charge < -0.3 is 15.2 Å². The van der Waals surface area contributed by atoms with Crippen LogP contribution < -0.4 is 5.73 Å². The van der Waals surface area contributed by atoms with E-state index in [4.69, 9.17) is 26.8 Å². The fourth-order valence-electron chi connectivity index (χ4n) is 2.13. The van der Waals surface area contributed by atoms with Gasteiger partial charge in [-0.1, -0.05) is 29.8 Å². The zero-order valence-corrected chi connectivity index (χ0v) is 11.6. The van der Waals surface area contributed by atoms with Gasteiger partial charge in [0, 0.05) is 17.3 Å². The van der Waals surface area contributed by atoms with Crippen LogP contribution in [0.5, 0.6) is 0 Å². The maximum Gasteiger partial charge on any atom is 0.185 e. The van der Waals surface area contributed by atoms with Gasteiger partial charge in [0.1, 0.15) is 0 Å². The van der Waals surface area contributed by atoms with Gasteiger partial charge in [-0.3, -0.25) is 4.98 Å². The molecule has 1 fully saturated rings. The lowest BCUT2D eigenvalue weighted by atomic mass is 10.1. The molecule has 2 N–H and O–H groups in total. The lowest BCUT2D eigenvalue weighted by Crippen LogP contribution is -2.17. The molecular weight excluding hydrogens is 276 g/mol. The van der Waals surface area contributed by atoms with Gasteiger partial charge in [-0.2, -0.15) is 0 Å². The number of nitrogen functional groups attached to an aromatic ring is 1. The average Bonchev–Trinajstić information content (AvgIpc) is 2.51. The van der Waals surface area contributed by atoms with Crippen molar-refractivity contribution in [2.24, 2.45) is 0 Å². The van der Waals surface area contributed by atoms with Gasteiger partial charge in [-0.15, -0.1) is 0 Å². The van der Waals surface area contributed by atoms with E-state index in [9.17, 15) is 0 Å². The number of rotatable bonds is 2. The average molecular weight is 291 g/mol. The number of anilines is 1. The molecule has 0 amide bonds. The normalized spacial score (nSPS) is 16.2. The van der Waals surface area contributed by atoms with Crippen molar-refractivity contribution >= 4 is 17.3 Å². The molecule has 0 spiro atoms. The molecule has 2 aromatic rings. The smallest absolute Gasteiger partial charge is 0.185 e. The summed E-state index contributed by atoms with van der Waals surface area (Å²) < 4.78 is 11.1. The van der Waals surface area contributed by atoms with Crippen LogP contribution in [0.15, 0.2) is 36.5 Å². The lowest BCUT2D eigenvalue weighted by Gasteiger charge is -2.23. The highest BCUT2D eigenvalue weighted by atomic mass is 35.5. The van der Waals surface area contributed by atoms with E-state index in [0.717, 1.165) is 23.2 Å². The lowest BCUT2D eigenvalue weighted by molar-refractivity contribution is -0.183. The van der Waals surface area contributed by atoms with Gasteiger partial charge in [-0.05, 0) is 18.6 Å². The first-order valence-corrected chi connectivity index (χ1v) is 6.87. The number of halogens is 1. The molecule has 0 atom stereocenters. The second kappa shape index (κ2) is 5.79. The van der Waals surface area contributed by atoms with Crippen molar-refractivity contribution in [1.82, 2.24) is 4.98 Å². The molecule has 20 heavy (non-hydrogen) atoms. The quantitative estimate of drug-likeness (QED) is 0.861. The van der Waals surface area contributed by atoms with E-state index in [0.29, 0.717) is 23.9 Å². The molecule has 0 unspecified atom stereocenters. The molecule has 1 saturated heterocycles. The second-order valence-corrected chi connectivity index (χ2v) is 4.99. The highest BCUT2D eigenvalue weighted by Crippen LogP contribution is 2.31. The molecule has 1 aliphatic heterocycles. The van der Waals surface area contributed by atoms with Gasteiger partial charge >= 0.3 is 0 Å². The Bertz CT molecular complexity index is 595. The van der Waals surface area contributed by atoms with Crippen LogP contribution in [0.1, 0.15) is 18.3 Å². The second-order valence-electron chi connectivity index (χ2n) is 4.61. The van der Waals surface area contributed by atoms with Gasteiger partial charge in [0.2, 0.25) is 0 Å². The first-order valence-electron chi connectivity index (χ1n) is 6.49. The number of aromatic nitrogens is 1. The topological polar surface area (TPSA) is 57.4 Å². The van der Waals surface area contributed by atoms with E-state index < -0.39 is 0 Å². The molecule has 0 aliphatic carbocycles. The minimum atomic E-state index is -0.318. The highest BCUT2D eigenvalue weighted by molar-refractivity contribution is 6.35. The third-order valence-electron chi connectivity index (χ3n) is 3.19. The molecule has 0 radical (unpaired) electrons. The van der Waals surface area contributed by atoms with Crippen LogP contribution in [0.4, 0.5) is 5.69 Å². The molecule has 5 heteroatoms. The predicted octanol–water partition coefficient (Wildman–Crippen LogP) is 3.42. The fraction of sp³-hybridized carbons (Fsp3) is 0.267. The number of nitrogens with zero attached hydrogens (tertiary/aromatic N) is 1. The summed E-state index contributed by atoms with van der Waals surface area (Å²) in [5.74, 6) is 0. The summed E-state index contributed by atoms with van der Waals surface area (Å²) in [4.78, 5) is 4.43. The summed E-state index contributed by atoms with van der Waals surface area (Å²) in [6.07, 6.45) is 2.37. The molecule has 0 saturated carbocycles. The first kappa shape index (κ1) is 13.4. The SMILES string of the molecule is Nc1cccc(-c2ccc(C3OCCCO3)cn2)c1Cl. The number of nitrogens with two attached hydrogens (primary N) is 1. The predicted molar refractivity (Wildman–Crippen MR) is 78.4 cm³/mol. The van der Waals surface area contributed by atoms with Crippen molar-refractivity contribution in [2.45, 2.75) is 12.7 Å². The van der Waals surface area contributed by atoms with Gasteiger partial charge in [0.25, 0.3) is 0 Å². The van der Waals surface area contributed by atoms with Crippen LogP contribution >= 0.6 is 11.6 Å². The molecule has 4 nitrogen and oxygen atoms in total. The van der Waals surface area contributed by atoms with Gasteiger partial charge in [-0.25, -0.2) is 0 Å². The third kappa shape index (κ3) is 2.63.